The summed E-state index contributed by atoms with van der Waals surface area (Å²) in [4.78, 5) is 24.4. The molecule has 1 amide bonds. The van der Waals surface area contributed by atoms with Crippen LogP contribution in [0, 0.1) is 0 Å². The quantitative estimate of drug-likeness (QED) is 0.894. The summed E-state index contributed by atoms with van der Waals surface area (Å²) in [6.45, 7) is 7.49. The molecule has 0 aliphatic rings. The first-order valence-electron chi connectivity index (χ1n) is 6.10. The molecule has 0 saturated carbocycles. The minimum absolute atomic E-state index is 0.159. The number of aromatic nitrogens is 2. The predicted octanol–water partition coefficient (Wildman–Crippen LogP) is 1.26. The van der Waals surface area contributed by atoms with Gasteiger partial charge in [0, 0.05) is 19.5 Å². The summed E-state index contributed by atoms with van der Waals surface area (Å²) in [6, 6.07) is 0.841. The molecule has 1 unspecified atom stereocenters. The zero-order valence-electron chi connectivity index (χ0n) is 12.3. The summed E-state index contributed by atoms with van der Waals surface area (Å²) in [5.41, 5.74) is 1.03. The summed E-state index contributed by atoms with van der Waals surface area (Å²) >= 11 is 0. The van der Waals surface area contributed by atoms with Crippen LogP contribution in [-0.2, 0) is 17.3 Å². The minimum atomic E-state index is -1.03. The van der Waals surface area contributed by atoms with Crippen molar-refractivity contribution >= 4 is 11.9 Å². The molecule has 1 atom stereocenters. The standard InChI is InChI=1S/C13H21N3O3/c1-8(12(18)19)15(5)11(17)9-7-10(13(2,3)4)14-16(9)6/h7-8H,1-6H3,(H,18,19). The van der Waals surface area contributed by atoms with Gasteiger partial charge in [0.05, 0.1) is 5.69 Å². The van der Waals surface area contributed by atoms with Gasteiger partial charge < -0.3 is 10.0 Å². The average molecular weight is 267 g/mol. The summed E-state index contributed by atoms with van der Waals surface area (Å²) in [5, 5.41) is 13.2. The molecule has 1 heterocycles. The van der Waals surface area contributed by atoms with Crippen molar-refractivity contribution in [1.82, 2.24) is 14.7 Å². The lowest BCUT2D eigenvalue weighted by Gasteiger charge is -2.21. The second-order valence-electron chi connectivity index (χ2n) is 5.72. The largest absolute Gasteiger partial charge is 0.480 e. The van der Waals surface area contributed by atoms with Crippen molar-refractivity contribution in [2.24, 2.45) is 7.05 Å². The number of carboxylic acid groups (broad SMARTS) is 1. The molecule has 0 aliphatic carbocycles. The van der Waals surface area contributed by atoms with Crippen LogP contribution in [0.15, 0.2) is 6.07 Å². The van der Waals surface area contributed by atoms with Crippen LogP contribution < -0.4 is 0 Å². The van der Waals surface area contributed by atoms with Crippen LogP contribution >= 0.6 is 0 Å². The molecule has 0 radical (unpaired) electrons. The number of likely N-dealkylation sites (N-methyl/N-ethyl adjacent to an activating group) is 1. The van der Waals surface area contributed by atoms with Crippen molar-refractivity contribution in [1.29, 1.82) is 0 Å². The first kappa shape index (κ1) is 15.2. The van der Waals surface area contributed by atoms with Gasteiger partial charge in [0.1, 0.15) is 11.7 Å². The normalized spacial score (nSPS) is 13.2. The highest BCUT2D eigenvalue weighted by Gasteiger charge is 2.27. The Kier molecular flexibility index (Phi) is 4.03. The van der Waals surface area contributed by atoms with Gasteiger partial charge in [0.25, 0.3) is 5.91 Å². The number of carbonyl (C=O) groups is 2. The van der Waals surface area contributed by atoms with Crippen molar-refractivity contribution < 1.29 is 14.7 Å². The van der Waals surface area contributed by atoms with Crippen LogP contribution in [0.1, 0.15) is 43.9 Å². The van der Waals surface area contributed by atoms with Gasteiger partial charge in [0.2, 0.25) is 0 Å². The van der Waals surface area contributed by atoms with Gasteiger partial charge in [-0.1, -0.05) is 20.8 Å². The van der Waals surface area contributed by atoms with E-state index in [0.29, 0.717) is 5.69 Å². The highest BCUT2D eigenvalue weighted by Crippen LogP contribution is 2.22. The average Bonchev–Trinajstić information content (AvgIpc) is 2.68. The molecule has 1 aromatic heterocycles. The molecule has 6 nitrogen and oxygen atoms in total. The van der Waals surface area contributed by atoms with Crippen molar-refractivity contribution in [2.45, 2.75) is 39.2 Å². The second kappa shape index (κ2) is 5.03. The van der Waals surface area contributed by atoms with Gasteiger partial charge in [-0.2, -0.15) is 5.10 Å². The van der Waals surface area contributed by atoms with Crippen molar-refractivity contribution in [3.05, 3.63) is 17.5 Å². The van der Waals surface area contributed by atoms with Gasteiger partial charge in [-0.25, -0.2) is 4.79 Å². The van der Waals surface area contributed by atoms with E-state index in [4.69, 9.17) is 5.11 Å². The molecular formula is C13H21N3O3. The number of hydrogen-bond acceptors (Lipinski definition) is 3. The van der Waals surface area contributed by atoms with Crippen LogP contribution in [-0.4, -0.2) is 44.8 Å². The van der Waals surface area contributed by atoms with Gasteiger partial charge in [-0.15, -0.1) is 0 Å². The molecule has 6 heteroatoms. The van der Waals surface area contributed by atoms with Gasteiger partial charge in [-0.3, -0.25) is 9.48 Å². The van der Waals surface area contributed by atoms with Crippen LogP contribution in [0.25, 0.3) is 0 Å². The van der Waals surface area contributed by atoms with E-state index in [9.17, 15) is 9.59 Å². The minimum Gasteiger partial charge on any atom is -0.480 e. The molecule has 0 saturated heterocycles. The van der Waals surface area contributed by atoms with E-state index >= 15 is 0 Å². The third-order valence-corrected chi connectivity index (χ3v) is 3.13. The SMILES string of the molecule is CC(C(=O)O)N(C)C(=O)c1cc(C(C)(C)C)nn1C. The Morgan fingerprint density at radius 1 is 1.42 bits per heavy atom. The third kappa shape index (κ3) is 3.13. The predicted molar refractivity (Wildman–Crippen MR) is 71.1 cm³/mol. The first-order valence-corrected chi connectivity index (χ1v) is 6.10. The Hall–Kier alpha value is -1.85. The number of aryl methyl sites for hydroxylation is 1. The highest BCUT2D eigenvalue weighted by atomic mass is 16.4. The fourth-order valence-corrected chi connectivity index (χ4v) is 1.56. The lowest BCUT2D eigenvalue weighted by atomic mass is 9.92. The molecule has 0 bridgehead atoms. The van der Waals surface area contributed by atoms with Gasteiger partial charge >= 0.3 is 5.97 Å². The van der Waals surface area contributed by atoms with E-state index in [2.05, 4.69) is 5.10 Å². The van der Waals surface area contributed by atoms with Gasteiger partial charge in [0.15, 0.2) is 0 Å². The topological polar surface area (TPSA) is 75.4 Å². The number of nitrogens with zero attached hydrogens (tertiary/aromatic N) is 3. The Labute approximate surface area is 113 Å². The smallest absolute Gasteiger partial charge is 0.326 e. The highest BCUT2D eigenvalue weighted by molar-refractivity contribution is 5.95. The van der Waals surface area contributed by atoms with Crippen LogP contribution in [0.2, 0.25) is 0 Å². The Morgan fingerprint density at radius 2 is 1.95 bits per heavy atom. The maximum absolute atomic E-state index is 12.3. The number of aliphatic carboxylic acids is 1. The lowest BCUT2D eigenvalue weighted by Crippen LogP contribution is -2.40. The molecule has 0 fully saturated rings. The number of hydrogen-bond donors (Lipinski definition) is 1. The van der Waals surface area contributed by atoms with Crippen molar-refractivity contribution in [3.8, 4) is 0 Å². The summed E-state index contributed by atoms with van der Waals surface area (Å²) in [6.07, 6.45) is 0. The van der Waals surface area contributed by atoms with E-state index < -0.39 is 12.0 Å². The van der Waals surface area contributed by atoms with E-state index in [1.807, 2.05) is 20.8 Å². The fraction of sp³-hybridized carbons (Fsp3) is 0.615. The van der Waals surface area contributed by atoms with Crippen molar-refractivity contribution in [2.75, 3.05) is 7.05 Å². The van der Waals surface area contributed by atoms with E-state index in [0.717, 1.165) is 5.69 Å². The third-order valence-electron chi connectivity index (χ3n) is 3.13. The molecule has 0 aromatic carbocycles. The van der Waals surface area contributed by atoms with E-state index in [-0.39, 0.29) is 11.3 Å². The molecular weight excluding hydrogens is 246 g/mol. The molecule has 1 aromatic rings. The second-order valence-corrected chi connectivity index (χ2v) is 5.72. The van der Waals surface area contributed by atoms with Crippen LogP contribution in [0.5, 0.6) is 0 Å². The van der Waals surface area contributed by atoms with Crippen molar-refractivity contribution in [3.63, 3.8) is 0 Å². The fourth-order valence-electron chi connectivity index (χ4n) is 1.56. The molecule has 106 valence electrons. The number of amides is 1. The van der Waals surface area contributed by atoms with E-state index in [1.54, 1.807) is 13.1 Å². The molecule has 0 spiro atoms. The number of rotatable bonds is 3. The Balaban J connectivity index is 3.07. The molecule has 0 aliphatic heterocycles. The monoisotopic (exact) mass is 267 g/mol. The molecule has 1 N–H and O–H groups in total. The molecule has 19 heavy (non-hydrogen) atoms. The lowest BCUT2D eigenvalue weighted by molar-refractivity contribution is -0.141. The first-order chi connectivity index (χ1) is 8.55. The summed E-state index contributed by atoms with van der Waals surface area (Å²) in [7, 11) is 3.16. The van der Waals surface area contributed by atoms with Crippen LogP contribution in [0.3, 0.4) is 0 Å². The Bertz CT molecular complexity index is 500. The number of carbonyl (C=O) groups excluding carboxylic acids is 1. The van der Waals surface area contributed by atoms with Crippen LogP contribution in [0.4, 0.5) is 0 Å². The summed E-state index contributed by atoms with van der Waals surface area (Å²) < 4.78 is 1.49. The summed E-state index contributed by atoms with van der Waals surface area (Å²) in [5.74, 6) is -1.38. The van der Waals surface area contributed by atoms with Gasteiger partial charge in [-0.05, 0) is 13.0 Å². The zero-order valence-corrected chi connectivity index (χ0v) is 12.3. The molecule has 1 rings (SSSR count). The Morgan fingerprint density at radius 3 is 2.32 bits per heavy atom. The zero-order chi connectivity index (χ0) is 15.0. The maximum Gasteiger partial charge on any atom is 0.326 e. The maximum atomic E-state index is 12.3. The van der Waals surface area contributed by atoms with E-state index in [1.165, 1.54) is 23.6 Å². The number of carboxylic acids is 1.